The van der Waals surface area contributed by atoms with Crippen molar-refractivity contribution in [3.05, 3.63) is 71.3 Å². The maximum absolute atomic E-state index is 13.2. The van der Waals surface area contributed by atoms with Gasteiger partial charge in [-0.3, -0.25) is 9.59 Å². The van der Waals surface area contributed by atoms with Gasteiger partial charge in [-0.25, -0.2) is 0 Å². The highest BCUT2D eigenvalue weighted by Crippen LogP contribution is 2.18. The first kappa shape index (κ1) is 24.0. The summed E-state index contributed by atoms with van der Waals surface area (Å²) in [5.41, 5.74) is 3.47. The predicted molar refractivity (Wildman–Crippen MR) is 126 cm³/mol. The fraction of sp³-hybridized carbons (Fsp3) is 0.440. The van der Waals surface area contributed by atoms with Gasteiger partial charge in [-0.15, -0.1) is 11.8 Å². The van der Waals surface area contributed by atoms with Gasteiger partial charge in [-0.1, -0.05) is 80.4 Å². The average Bonchev–Trinajstić information content (AvgIpc) is 2.74. The number of hydrogen-bond donors (Lipinski definition) is 1. The Kier molecular flexibility index (Phi) is 10.5. The van der Waals surface area contributed by atoms with E-state index in [4.69, 9.17) is 0 Å². The number of carbonyl (C=O) groups excluding carboxylic acids is 2. The van der Waals surface area contributed by atoms with Gasteiger partial charge in [-0.05, 0) is 30.9 Å². The number of amides is 2. The van der Waals surface area contributed by atoms with Gasteiger partial charge in [0.1, 0.15) is 6.04 Å². The van der Waals surface area contributed by atoms with E-state index in [2.05, 4.69) is 37.4 Å². The van der Waals surface area contributed by atoms with Crippen LogP contribution in [0, 0.1) is 6.92 Å². The van der Waals surface area contributed by atoms with Gasteiger partial charge in [-0.2, -0.15) is 0 Å². The smallest absolute Gasteiger partial charge is 0.242 e. The Morgan fingerprint density at radius 2 is 1.77 bits per heavy atom. The number of thioether (sulfide) groups is 1. The molecule has 2 aromatic carbocycles. The van der Waals surface area contributed by atoms with Crippen molar-refractivity contribution in [2.75, 3.05) is 12.3 Å². The number of unbranched alkanes of at least 4 members (excludes halogenated alkanes) is 1. The minimum absolute atomic E-state index is 0.00833. The molecule has 30 heavy (non-hydrogen) atoms. The van der Waals surface area contributed by atoms with Crippen LogP contribution in [-0.2, 0) is 21.9 Å². The second-order valence-electron chi connectivity index (χ2n) is 7.56. The van der Waals surface area contributed by atoms with E-state index in [-0.39, 0.29) is 11.8 Å². The molecule has 1 N–H and O–H groups in total. The molecule has 0 unspecified atom stereocenters. The summed E-state index contributed by atoms with van der Waals surface area (Å²) in [6, 6.07) is 17.8. The Balaban J connectivity index is 2.06. The van der Waals surface area contributed by atoms with Gasteiger partial charge in [0, 0.05) is 18.8 Å². The summed E-state index contributed by atoms with van der Waals surface area (Å²) < 4.78 is 0. The van der Waals surface area contributed by atoms with Crippen LogP contribution in [0.1, 0.15) is 49.8 Å². The third-order valence-electron chi connectivity index (χ3n) is 4.99. The van der Waals surface area contributed by atoms with Crippen LogP contribution in [0.2, 0.25) is 0 Å². The molecule has 1 atom stereocenters. The molecule has 0 heterocycles. The number of nitrogens with one attached hydrogen (secondary N) is 1. The topological polar surface area (TPSA) is 49.4 Å². The van der Waals surface area contributed by atoms with Crippen LogP contribution in [-0.4, -0.2) is 35.1 Å². The van der Waals surface area contributed by atoms with Crippen molar-refractivity contribution in [1.82, 2.24) is 10.2 Å². The molecule has 0 saturated heterocycles. The zero-order chi connectivity index (χ0) is 21.8. The SMILES string of the molecule is CCCCNC(=O)[C@@H](CC)N(Cc1ccccc1)C(=O)CSCc1cccc(C)c1. The molecular formula is C25H34N2O2S. The molecule has 0 saturated carbocycles. The van der Waals surface area contributed by atoms with Gasteiger partial charge >= 0.3 is 0 Å². The first-order chi connectivity index (χ1) is 14.5. The van der Waals surface area contributed by atoms with E-state index in [1.165, 1.54) is 11.1 Å². The van der Waals surface area contributed by atoms with Crippen molar-refractivity contribution in [3.8, 4) is 0 Å². The third-order valence-corrected chi connectivity index (χ3v) is 5.98. The monoisotopic (exact) mass is 426 g/mol. The molecule has 0 aliphatic heterocycles. The molecule has 0 bridgehead atoms. The number of nitrogens with zero attached hydrogens (tertiary/aromatic N) is 1. The number of benzene rings is 2. The van der Waals surface area contributed by atoms with E-state index in [0.29, 0.717) is 25.3 Å². The molecule has 0 fully saturated rings. The standard InChI is InChI=1S/C25H34N2O2S/c1-4-6-15-26-25(29)23(5-2)27(17-21-12-8-7-9-13-21)24(28)19-30-18-22-14-10-11-20(3)16-22/h7-14,16,23H,4-6,15,17-19H2,1-3H3,(H,26,29)/t23-/m1/s1. The van der Waals surface area contributed by atoms with Crippen LogP contribution in [0.25, 0.3) is 0 Å². The Bertz CT molecular complexity index is 795. The molecule has 0 aliphatic rings. The molecule has 0 radical (unpaired) electrons. The summed E-state index contributed by atoms with van der Waals surface area (Å²) in [6.45, 7) is 7.24. The van der Waals surface area contributed by atoms with E-state index in [9.17, 15) is 9.59 Å². The van der Waals surface area contributed by atoms with Crippen LogP contribution in [0.3, 0.4) is 0 Å². The van der Waals surface area contributed by atoms with Crippen molar-refractivity contribution in [3.63, 3.8) is 0 Å². The van der Waals surface area contributed by atoms with E-state index < -0.39 is 6.04 Å². The fourth-order valence-corrected chi connectivity index (χ4v) is 4.20. The van der Waals surface area contributed by atoms with Gasteiger partial charge in [0.15, 0.2) is 0 Å². The zero-order valence-electron chi connectivity index (χ0n) is 18.4. The maximum Gasteiger partial charge on any atom is 0.242 e. The molecule has 4 nitrogen and oxygen atoms in total. The molecule has 2 rings (SSSR count). The minimum Gasteiger partial charge on any atom is -0.354 e. The van der Waals surface area contributed by atoms with Gasteiger partial charge in [0.2, 0.25) is 11.8 Å². The highest BCUT2D eigenvalue weighted by molar-refractivity contribution is 7.99. The van der Waals surface area contributed by atoms with Crippen molar-refractivity contribution in [1.29, 1.82) is 0 Å². The summed E-state index contributed by atoms with van der Waals surface area (Å²) >= 11 is 1.60. The normalized spacial score (nSPS) is 11.7. The van der Waals surface area contributed by atoms with Gasteiger partial charge in [0.25, 0.3) is 0 Å². The summed E-state index contributed by atoms with van der Waals surface area (Å²) in [6.07, 6.45) is 2.57. The lowest BCUT2D eigenvalue weighted by Gasteiger charge is -2.30. The van der Waals surface area contributed by atoms with Gasteiger partial charge in [0.05, 0.1) is 5.75 Å². The molecular weight excluding hydrogens is 392 g/mol. The second-order valence-corrected chi connectivity index (χ2v) is 8.54. The van der Waals surface area contributed by atoms with E-state index >= 15 is 0 Å². The number of hydrogen-bond acceptors (Lipinski definition) is 3. The van der Waals surface area contributed by atoms with Crippen LogP contribution < -0.4 is 5.32 Å². The average molecular weight is 427 g/mol. The number of aryl methyl sites for hydroxylation is 1. The fourth-order valence-electron chi connectivity index (χ4n) is 3.35. The Morgan fingerprint density at radius 3 is 2.43 bits per heavy atom. The number of carbonyl (C=O) groups is 2. The van der Waals surface area contributed by atoms with Gasteiger partial charge < -0.3 is 10.2 Å². The van der Waals surface area contributed by atoms with Crippen LogP contribution in [0.5, 0.6) is 0 Å². The highest BCUT2D eigenvalue weighted by atomic mass is 32.2. The molecule has 0 spiro atoms. The van der Waals surface area contributed by atoms with Crippen molar-refractivity contribution >= 4 is 23.6 Å². The van der Waals surface area contributed by atoms with Crippen molar-refractivity contribution in [2.45, 2.75) is 58.4 Å². The molecule has 2 aromatic rings. The second kappa shape index (κ2) is 13.1. The highest BCUT2D eigenvalue weighted by Gasteiger charge is 2.28. The summed E-state index contributed by atoms with van der Waals surface area (Å²) in [7, 11) is 0. The number of rotatable bonds is 12. The minimum atomic E-state index is -0.450. The lowest BCUT2D eigenvalue weighted by molar-refractivity contribution is -0.139. The van der Waals surface area contributed by atoms with Crippen LogP contribution in [0.4, 0.5) is 0 Å². The third kappa shape index (κ3) is 7.86. The Hall–Kier alpha value is -2.27. The molecule has 162 valence electrons. The van der Waals surface area contributed by atoms with Crippen molar-refractivity contribution in [2.24, 2.45) is 0 Å². The molecule has 0 aromatic heterocycles. The molecule has 5 heteroatoms. The summed E-state index contributed by atoms with van der Waals surface area (Å²) in [5, 5.41) is 3.00. The zero-order valence-corrected chi connectivity index (χ0v) is 19.2. The Labute approximate surface area is 185 Å². The van der Waals surface area contributed by atoms with E-state index in [1.807, 2.05) is 43.3 Å². The lowest BCUT2D eigenvalue weighted by atomic mass is 10.1. The summed E-state index contributed by atoms with van der Waals surface area (Å²) in [5.74, 6) is 1.10. The molecule has 0 aliphatic carbocycles. The van der Waals surface area contributed by atoms with Crippen LogP contribution in [0.15, 0.2) is 54.6 Å². The first-order valence-electron chi connectivity index (χ1n) is 10.8. The van der Waals surface area contributed by atoms with Crippen molar-refractivity contribution < 1.29 is 9.59 Å². The predicted octanol–water partition coefficient (Wildman–Crippen LogP) is 4.95. The summed E-state index contributed by atoms with van der Waals surface area (Å²) in [4.78, 5) is 27.7. The Morgan fingerprint density at radius 1 is 1.03 bits per heavy atom. The lowest BCUT2D eigenvalue weighted by Crippen LogP contribution is -2.49. The largest absolute Gasteiger partial charge is 0.354 e. The molecule has 2 amide bonds. The quantitative estimate of drug-likeness (QED) is 0.489. The first-order valence-corrected chi connectivity index (χ1v) is 11.9. The van der Waals surface area contributed by atoms with E-state index in [1.54, 1.807) is 16.7 Å². The maximum atomic E-state index is 13.2. The van der Waals surface area contributed by atoms with Crippen LogP contribution >= 0.6 is 11.8 Å². The van der Waals surface area contributed by atoms with E-state index in [0.717, 1.165) is 24.2 Å².